The van der Waals surface area contributed by atoms with Crippen LogP contribution in [0.5, 0.6) is 0 Å². The maximum atomic E-state index is 3.71. The van der Waals surface area contributed by atoms with Crippen LogP contribution in [0.3, 0.4) is 0 Å². The smallest absolute Gasteiger partial charge is 0.0620 e. The minimum atomic E-state index is 1.08. The van der Waals surface area contributed by atoms with Gasteiger partial charge in [-0.25, -0.2) is 0 Å². The molecule has 0 aliphatic carbocycles. The van der Waals surface area contributed by atoms with Crippen molar-refractivity contribution in [3.8, 4) is 61.3 Å². The largest absolute Gasteiger partial charge is 0.355 e. The van der Waals surface area contributed by atoms with Crippen molar-refractivity contribution in [3.05, 3.63) is 212 Å². The van der Waals surface area contributed by atoms with Gasteiger partial charge in [-0.15, -0.1) is 0 Å². The fraction of sp³-hybridized carbons (Fsp3) is 0. The number of hydrogen-bond acceptors (Lipinski definition) is 1. The van der Waals surface area contributed by atoms with Gasteiger partial charge < -0.3 is 9.88 Å². The van der Waals surface area contributed by atoms with Crippen LogP contribution in [-0.2, 0) is 0 Å². The van der Waals surface area contributed by atoms with E-state index in [0.29, 0.717) is 0 Å². The second-order valence-electron chi connectivity index (χ2n) is 15.4. The molecule has 2 heteroatoms. The van der Waals surface area contributed by atoms with Crippen LogP contribution >= 0.6 is 0 Å². The maximum Gasteiger partial charge on any atom is 0.0620 e. The summed E-state index contributed by atoms with van der Waals surface area (Å²) in [6.07, 6.45) is 0. The van der Waals surface area contributed by atoms with E-state index < -0.39 is 0 Å². The lowest BCUT2D eigenvalue weighted by molar-refractivity contribution is 1.19. The number of anilines is 2. The van der Waals surface area contributed by atoms with E-state index in [1.54, 1.807) is 0 Å². The molecular weight excluding hydrogens is 701 g/mol. The third kappa shape index (κ3) is 5.19. The molecule has 1 aliphatic heterocycles. The molecule has 11 aromatic rings. The van der Waals surface area contributed by atoms with Crippen LogP contribution < -0.4 is 5.32 Å². The maximum absolute atomic E-state index is 3.71. The average Bonchev–Trinajstić information content (AvgIpc) is 3.57. The predicted octanol–water partition coefficient (Wildman–Crippen LogP) is 15.5. The Morgan fingerprint density at radius 1 is 0.310 bits per heavy atom. The molecule has 270 valence electrons. The molecule has 0 saturated carbocycles. The van der Waals surface area contributed by atoms with Gasteiger partial charge in [-0.05, 0) is 121 Å². The number of fused-ring (bicyclic) bond motifs is 10. The van der Waals surface area contributed by atoms with Crippen molar-refractivity contribution >= 4 is 54.7 Å². The van der Waals surface area contributed by atoms with Gasteiger partial charge in [0, 0.05) is 38.8 Å². The van der Waals surface area contributed by atoms with Gasteiger partial charge in [-0.3, -0.25) is 0 Å². The highest BCUT2D eigenvalue weighted by Gasteiger charge is 2.25. The van der Waals surface area contributed by atoms with E-state index in [2.05, 4.69) is 222 Å². The molecule has 0 radical (unpaired) electrons. The number of nitrogens with one attached hydrogen (secondary N) is 1. The summed E-state index contributed by atoms with van der Waals surface area (Å²) in [6.45, 7) is 0. The van der Waals surface area contributed by atoms with Gasteiger partial charge in [0.1, 0.15) is 0 Å². The first-order chi connectivity index (χ1) is 28.7. The monoisotopic (exact) mass is 736 g/mol. The van der Waals surface area contributed by atoms with Gasteiger partial charge in [0.05, 0.1) is 16.7 Å². The average molecular weight is 737 g/mol. The van der Waals surface area contributed by atoms with Crippen molar-refractivity contribution < 1.29 is 0 Å². The number of nitrogens with zero attached hydrogens (tertiary/aromatic N) is 1. The second-order valence-corrected chi connectivity index (χ2v) is 15.4. The Bertz CT molecular complexity index is 3420. The van der Waals surface area contributed by atoms with Crippen molar-refractivity contribution in [2.24, 2.45) is 0 Å². The first-order valence-electron chi connectivity index (χ1n) is 20.0. The van der Waals surface area contributed by atoms with Gasteiger partial charge >= 0.3 is 0 Å². The fourth-order valence-electron chi connectivity index (χ4n) is 9.29. The lowest BCUT2D eigenvalue weighted by Crippen LogP contribution is -1.95. The molecule has 10 aromatic carbocycles. The molecule has 58 heavy (non-hydrogen) atoms. The van der Waals surface area contributed by atoms with Gasteiger partial charge in [-0.2, -0.15) is 0 Å². The molecule has 2 heterocycles. The SMILES string of the molecule is c1cc(-c2ccc(-c3cc4c5c(c3)c3ccccc3n5-c3ccccc3-c3cc5ccccc5cc3-4)cc2)cc(-c2ccccc2Nc2ccc3ccccc3c2)c1. The van der Waals surface area contributed by atoms with E-state index in [9.17, 15) is 0 Å². The van der Waals surface area contributed by atoms with Crippen molar-refractivity contribution in [1.29, 1.82) is 0 Å². The van der Waals surface area contributed by atoms with Crippen LogP contribution in [0.1, 0.15) is 0 Å². The summed E-state index contributed by atoms with van der Waals surface area (Å²) in [4.78, 5) is 0. The minimum Gasteiger partial charge on any atom is -0.355 e. The zero-order chi connectivity index (χ0) is 38.2. The zero-order valence-corrected chi connectivity index (χ0v) is 31.7. The van der Waals surface area contributed by atoms with Gasteiger partial charge in [-0.1, -0.05) is 152 Å². The summed E-state index contributed by atoms with van der Waals surface area (Å²) >= 11 is 0. The predicted molar refractivity (Wildman–Crippen MR) is 246 cm³/mol. The molecule has 0 bridgehead atoms. The molecule has 1 N–H and O–H groups in total. The zero-order valence-electron chi connectivity index (χ0n) is 31.7. The Morgan fingerprint density at radius 2 is 0.931 bits per heavy atom. The van der Waals surface area contributed by atoms with Crippen molar-refractivity contribution in [1.82, 2.24) is 4.57 Å². The molecule has 0 amide bonds. The lowest BCUT2D eigenvalue weighted by Gasteiger charge is -2.15. The highest BCUT2D eigenvalue weighted by atomic mass is 15.0. The van der Waals surface area contributed by atoms with Crippen LogP contribution in [0.4, 0.5) is 11.4 Å². The van der Waals surface area contributed by atoms with Gasteiger partial charge in [0.15, 0.2) is 0 Å². The Balaban J connectivity index is 0.958. The molecular formula is C56H36N2. The van der Waals surface area contributed by atoms with Crippen LogP contribution in [0.25, 0.3) is 105 Å². The summed E-state index contributed by atoms with van der Waals surface area (Å²) in [6, 6.07) is 77.8. The molecule has 2 nitrogen and oxygen atoms in total. The first-order valence-corrected chi connectivity index (χ1v) is 20.0. The highest BCUT2D eigenvalue weighted by molar-refractivity contribution is 6.18. The number of aromatic nitrogens is 1. The summed E-state index contributed by atoms with van der Waals surface area (Å²) < 4.78 is 2.50. The van der Waals surface area contributed by atoms with E-state index >= 15 is 0 Å². The van der Waals surface area contributed by atoms with Crippen LogP contribution in [0.2, 0.25) is 0 Å². The Hall–Kier alpha value is -7.68. The molecule has 0 spiro atoms. The molecule has 0 fully saturated rings. The molecule has 12 rings (SSSR count). The first kappa shape index (κ1) is 32.6. The van der Waals surface area contributed by atoms with Crippen LogP contribution in [0.15, 0.2) is 212 Å². The number of hydrogen-bond donors (Lipinski definition) is 1. The second kappa shape index (κ2) is 12.9. The number of rotatable bonds is 5. The van der Waals surface area contributed by atoms with Crippen LogP contribution in [0, 0.1) is 0 Å². The van der Waals surface area contributed by atoms with Crippen molar-refractivity contribution in [2.75, 3.05) is 5.32 Å². The number of para-hydroxylation sites is 3. The molecule has 1 aromatic heterocycles. The quantitative estimate of drug-likeness (QED) is 0.186. The summed E-state index contributed by atoms with van der Waals surface area (Å²) in [7, 11) is 0. The molecule has 0 atom stereocenters. The molecule has 0 unspecified atom stereocenters. The molecule has 0 saturated heterocycles. The Kier molecular flexibility index (Phi) is 7.26. The van der Waals surface area contributed by atoms with Crippen molar-refractivity contribution in [2.45, 2.75) is 0 Å². The third-order valence-electron chi connectivity index (χ3n) is 12.1. The Morgan fingerprint density at radius 3 is 1.74 bits per heavy atom. The third-order valence-corrected chi connectivity index (χ3v) is 12.1. The summed E-state index contributed by atoms with van der Waals surface area (Å²) in [5, 5.41) is 11.2. The Labute approximate surface area is 336 Å². The van der Waals surface area contributed by atoms with E-state index in [0.717, 1.165) is 11.4 Å². The summed E-state index contributed by atoms with van der Waals surface area (Å²) in [5.41, 5.74) is 18.0. The fourth-order valence-corrected chi connectivity index (χ4v) is 9.29. The van der Waals surface area contributed by atoms with E-state index in [1.165, 1.54) is 105 Å². The summed E-state index contributed by atoms with van der Waals surface area (Å²) in [5.74, 6) is 0. The van der Waals surface area contributed by atoms with E-state index in [4.69, 9.17) is 0 Å². The molecule has 1 aliphatic rings. The van der Waals surface area contributed by atoms with Gasteiger partial charge in [0.2, 0.25) is 0 Å². The normalized spacial score (nSPS) is 11.8. The van der Waals surface area contributed by atoms with E-state index in [1.807, 2.05) is 0 Å². The topological polar surface area (TPSA) is 17.0 Å². The van der Waals surface area contributed by atoms with E-state index in [-0.39, 0.29) is 0 Å². The van der Waals surface area contributed by atoms with Crippen molar-refractivity contribution in [3.63, 3.8) is 0 Å². The minimum absolute atomic E-state index is 1.08. The lowest BCUT2D eigenvalue weighted by atomic mass is 9.89. The van der Waals surface area contributed by atoms with Crippen LogP contribution in [-0.4, -0.2) is 4.57 Å². The van der Waals surface area contributed by atoms with Gasteiger partial charge in [0.25, 0.3) is 0 Å². The standard InChI is InChI=1S/C56H36N2/c1-2-13-40-31-45(29-28-36(40)12-1)57-53-21-8-5-18-46(53)43-17-11-16-39(30-43)37-24-26-38(27-25-37)44-34-51-48-20-7-10-23-55(48)58-54-22-9-6-19-47(54)49-32-41-14-3-4-15-42(41)33-50(49)52(35-44)56(51)58/h1-35,57H. The highest BCUT2D eigenvalue weighted by Crippen LogP contribution is 2.49. The number of benzene rings is 10.